The molecule has 2 aliphatic heterocycles. The maximum atomic E-state index is 2.67. The molecule has 0 saturated carbocycles. The average molecular weight is 267 g/mol. The van der Waals surface area contributed by atoms with Crippen molar-refractivity contribution >= 4 is 0 Å². The summed E-state index contributed by atoms with van der Waals surface area (Å²) in [5, 5.41) is 0. The number of hydrogen-bond donors (Lipinski definition) is 0. The maximum absolute atomic E-state index is 2.67. The van der Waals surface area contributed by atoms with E-state index in [-0.39, 0.29) is 0 Å². The second-order valence-corrected chi connectivity index (χ2v) is 7.07. The van der Waals surface area contributed by atoms with Crippen molar-refractivity contribution in [1.82, 2.24) is 14.7 Å². The SMILES string of the molecule is CC(C)CN1CCC(CCN2CCN(C)CC2)CC1. The average Bonchev–Trinajstić information content (AvgIpc) is 2.39. The van der Waals surface area contributed by atoms with E-state index in [2.05, 4.69) is 35.6 Å². The molecule has 2 fully saturated rings. The summed E-state index contributed by atoms with van der Waals surface area (Å²) in [5.74, 6) is 1.81. The zero-order valence-corrected chi connectivity index (χ0v) is 13.3. The van der Waals surface area contributed by atoms with Gasteiger partial charge in [0, 0.05) is 32.7 Å². The topological polar surface area (TPSA) is 9.72 Å². The summed E-state index contributed by atoms with van der Waals surface area (Å²) in [5.41, 5.74) is 0. The molecular formula is C16H33N3. The highest BCUT2D eigenvalue weighted by Gasteiger charge is 2.21. The highest BCUT2D eigenvalue weighted by Crippen LogP contribution is 2.21. The minimum atomic E-state index is 0.821. The van der Waals surface area contributed by atoms with Gasteiger partial charge in [0.25, 0.3) is 0 Å². The molecule has 2 rings (SSSR count). The van der Waals surface area contributed by atoms with Gasteiger partial charge < -0.3 is 14.7 Å². The van der Waals surface area contributed by atoms with Crippen LogP contribution in [0.5, 0.6) is 0 Å². The van der Waals surface area contributed by atoms with E-state index in [4.69, 9.17) is 0 Å². The third-order valence-electron chi connectivity index (χ3n) is 4.78. The molecule has 2 aliphatic rings. The molecule has 0 unspecified atom stereocenters. The van der Waals surface area contributed by atoms with Gasteiger partial charge in [0.15, 0.2) is 0 Å². The molecule has 2 saturated heterocycles. The van der Waals surface area contributed by atoms with Crippen molar-refractivity contribution in [3.8, 4) is 0 Å². The van der Waals surface area contributed by atoms with E-state index in [1.54, 1.807) is 0 Å². The Kier molecular flexibility index (Phi) is 6.11. The van der Waals surface area contributed by atoms with Gasteiger partial charge >= 0.3 is 0 Å². The van der Waals surface area contributed by atoms with E-state index in [9.17, 15) is 0 Å². The van der Waals surface area contributed by atoms with Crippen molar-refractivity contribution in [2.24, 2.45) is 11.8 Å². The monoisotopic (exact) mass is 267 g/mol. The van der Waals surface area contributed by atoms with Gasteiger partial charge in [-0.05, 0) is 57.8 Å². The number of hydrogen-bond acceptors (Lipinski definition) is 3. The summed E-state index contributed by atoms with van der Waals surface area (Å²) >= 11 is 0. The van der Waals surface area contributed by atoms with Crippen molar-refractivity contribution < 1.29 is 0 Å². The second-order valence-electron chi connectivity index (χ2n) is 7.07. The van der Waals surface area contributed by atoms with Gasteiger partial charge in [-0.2, -0.15) is 0 Å². The Morgan fingerprint density at radius 3 is 2.11 bits per heavy atom. The zero-order valence-electron chi connectivity index (χ0n) is 13.3. The van der Waals surface area contributed by atoms with Crippen LogP contribution < -0.4 is 0 Å². The van der Waals surface area contributed by atoms with Gasteiger partial charge in [-0.1, -0.05) is 13.8 Å². The second kappa shape index (κ2) is 7.61. The van der Waals surface area contributed by atoms with E-state index in [1.807, 2.05) is 0 Å². The Morgan fingerprint density at radius 1 is 0.895 bits per heavy atom. The first kappa shape index (κ1) is 15.3. The van der Waals surface area contributed by atoms with Crippen LogP contribution in [0.3, 0.4) is 0 Å². The van der Waals surface area contributed by atoms with Crippen LogP contribution in [-0.2, 0) is 0 Å². The van der Waals surface area contributed by atoms with Gasteiger partial charge in [-0.25, -0.2) is 0 Å². The number of rotatable bonds is 5. The van der Waals surface area contributed by atoms with E-state index in [0.717, 1.165) is 11.8 Å². The molecule has 2 heterocycles. The first-order valence-corrected chi connectivity index (χ1v) is 8.26. The quantitative estimate of drug-likeness (QED) is 0.754. The van der Waals surface area contributed by atoms with Gasteiger partial charge in [0.05, 0.1) is 0 Å². The molecule has 0 amide bonds. The lowest BCUT2D eigenvalue weighted by molar-refractivity contribution is 0.126. The summed E-state index contributed by atoms with van der Waals surface area (Å²) < 4.78 is 0. The van der Waals surface area contributed by atoms with Gasteiger partial charge in [-0.3, -0.25) is 0 Å². The van der Waals surface area contributed by atoms with Crippen LogP contribution >= 0.6 is 0 Å². The molecule has 0 spiro atoms. The summed E-state index contributed by atoms with van der Waals surface area (Å²) in [4.78, 5) is 7.78. The lowest BCUT2D eigenvalue weighted by Crippen LogP contribution is -2.45. The lowest BCUT2D eigenvalue weighted by Gasteiger charge is -2.36. The summed E-state index contributed by atoms with van der Waals surface area (Å²) in [6.45, 7) is 15.1. The third kappa shape index (κ3) is 5.41. The summed E-state index contributed by atoms with van der Waals surface area (Å²) in [6, 6.07) is 0. The minimum absolute atomic E-state index is 0.821. The fourth-order valence-electron chi connectivity index (χ4n) is 3.41. The van der Waals surface area contributed by atoms with E-state index in [1.165, 1.54) is 71.6 Å². The molecule has 0 bridgehead atoms. The number of piperidine rings is 1. The Morgan fingerprint density at radius 2 is 1.53 bits per heavy atom. The smallest absolute Gasteiger partial charge is 0.0110 e. The normalized spacial score (nSPS) is 25.3. The molecule has 0 aromatic rings. The Balaban J connectivity index is 1.58. The molecule has 0 atom stereocenters. The zero-order chi connectivity index (χ0) is 13.7. The summed E-state index contributed by atoms with van der Waals surface area (Å²) in [6.07, 6.45) is 4.29. The lowest BCUT2D eigenvalue weighted by atomic mass is 9.93. The van der Waals surface area contributed by atoms with Crippen molar-refractivity contribution in [2.75, 3.05) is 59.4 Å². The standard InChI is InChI=1S/C16H33N3/c1-15(2)14-19-8-5-16(6-9-19)4-7-18-12-10-17(3)11-13-18/h15-16H,4-14H2,1-3H3. The van der Waals surface area contributed by atoms with Crippen LogP contribution in [0, 0.1) is 11.8 Å². The minimum Gasteiger partial charge on any atom is -0.304 e. The molecule has 0 radical (unpaired) electrons. The van der Waals surface area contributed by atoms with Crippen molar-refractivity contribution in [3.05, 3.63) is 0 Å². The van der Waals surface area contributed by atoms with Gasteiger partial charge in [0.2, 0.25) is 0 Å². The number of likely N-dealkylation sites (tertiary alicyclic amines) is 1. The van der Waals surface area contributed by atoms with Crippen LogP contribution in [0.15, 0.2) is 0 Å². The van der Waals surface area contributed by atoms with Crippen molar-refractivity contribution in [2.45, 2.75) is 33.1 Å². The molecule has 0 aromatic carbocycles. The van der Waals surface area contributed by atoms with Crippen molar-refractivity contribution in [3.63, 3.8) is 0 Å². The number of piperazine rings is 1. The molecule has 112 valence electrons. The van der Waals surface area contributed by atoms with E-state index >= 15 is 0 Å². The predicted molar refractivity (Wildman–Crippen MR) is 82.6 cm³/mol. The van der Waals surface area contributed by atoms with E-state index in [0.29, 0.717) is 0 Å². The number of likely N-dealkylation sites (N-methyl/N-ethyl adjacent to an activating group) is 1. The molecule has 19 heavy (non-hydrogen) atoms. The van der Waals surface area contributed by atoms with Crippen molar-refractivity contribution in [1.29, 1.82) is 0 Å². The maximum Gasteiger partial charge on any atom is 0.0110 e. The molecule has 0 aromatic heterocycles. The van der Waals surface area contributed by atoms with Crippen LogP contribution in [0.2, 0.25) is 0 Å². The molecule has 0 aliphatic carbocycles. The van der Waals surface area contributed by atoms with Crippen LogP contribution in [0.4, 0.5) is 0 Å². The fraction of sp³-hybridized carbons (Fsp3) is 1.00. The van der Waals surface area contributed by atoms with Crippen LogP contribution in [-0.4, -0.2) is 74.1 Å². The van der Waals surface area contributed by atoms with Gasteiger partial charge in [-0.15, -0.1) is 0 Å². The van der Waals surface area contributed by atoms with Gasteiger partial charge in [0.1, 0.15) is 0 Å². The molecule has 3 nitrogen and oxygen atoms in total. The third-order valence-corrected chi connectivity index (χ3v) is 4.78. The Bertz CT molecular complexity index is 238. The highest BCUT2D eigenvalue weighted by molar-refractivity contribution is 4.76. The molecule has 0 N–H and O–H groups in total. The Hall–Kier alpha value is -0.120. The Labute approximate surface area is 119 Å². The largest absolute Gasteiger partial charge is 0.304 e. The molecular weight excluding hydrogens is 234 g/mol. The predicted octanol–water partition coefficient (Wildman–Crippen LogP) is 1.99. The van der Waals surface area contributed by atoms with Crippen LogP contribution in [0.25, 0.3) is 0 Å². The fourth-order valence-corrected chi connectivity index (χ4v) is 3.41. The summed E-state index contributed by atoms with van der Waals surface area (Å²) in [7, 11) is 2.24. The van der Waals surface area contributed by atoms with Crippen LogP contribution in [0.1, 0.15) is 33.1 Å². The van der Waals surface area contributed by atoms with E-state index < -0.39 is 0 Å². The first-order chi connectivity index (χ1) is 9.13. The first-order valence-electron chi connectivity index (χ1n) is 8.26. The number of nitrogens with zero attached hydrogens (tertiary/aromatic N) is 3. The molecule has 3 heteroatoms. The highest BCUT2D eigenvalue weighted by atomic mass is 15.2.